The van der Waals surface area contributed by atoms with Crippen molar-refractivity contribution in [2.24, 2.45) is 5.92 Å². The third kappa shape index (κ3) is 3.22. The number of nitrogens with zero attached hydrogens (tertiary/aromatic N) is 1. The summed E-state index contributed by atoms with van der Waals surface area (Å²) in [5.74, 6) is 0.587. The van der Waals surface area contributed by atoms with Crippen LogP contribution in [-0.4, -0.2) is 62.4 Å². The van der Waals surface area contributed by atoms with Crippen LogP contribution in [0.3, 0.4) is 0 Å². The number of hydrogen-bond acceptors (Lipinski definition) is 4. The van der Waals surface area contributed by atoms with Gasteiger partial charge in [0.05, 0.1) is 19.8 Å². The van der Waals surface area contributed by atoms with E-state index in [1.165, 1.54) is 0 Å². The summed E-state index contributed by atoms with van der Waals surface area (Å²) in [5, 5.41) is 3.48. The molecule has 5 nitrogen and oxygen atoms in total. The Morgan fingerprint density at radius 1 is 1.44 bits per heavy atom. The van der Waals surface area contributed by atoms with Gasteiger partial charge in [-0.15, -0.1) is 0 Å². The molecular weight excluding hydrogens is 232 g/mol. The van der Waals surface area contributed by atoms with Crippen LogP contribution in [-0.2, 0) is 14.3 Å². The fraction of sp³-hybridized carbons (Fsp3) is 0.923. The van der Waals surface area contributed by atoms with Crippen molar-refractivity contribution in [1.82, 2.24) is 10.2 Å². The van der Waals surface area contributed by atoms with E-state index < -0.39 is 0 Å². The number of amides is 1. The first-order valence-corrected chi connectivity index (χ1v) is 6.94. The maximum absolute atomic E-state index is 12.3. The molecule has 0 saturated carbocycles. The fourth-order valence-corrected chi connectivity index (χ4v) is 2.75. The summed E-state index contributed by atoms with van der Waals surface area (Å²) >= 11 is 0. The van der Waals surface area contributed by atoms with Gasteiger partial charge in [-0.3, -0.25) is 4.79 Å². The van der Waals surface area contributed by atoms with E-state index >= 15 is 0 Å². The van der Waals surface area contributed by atoms with Crippen molar-refractivity contribution in [1.29, 1.82) is 0 Å². The van der Waals surface area contributed by atoms with Crippen LogP contribution in [0, 0.1) is 5.92 Å². The average Bonchev–Trinajstić information content (AvgIpc) is 2.41. The number of nitrogens with one attached hydrogen (secondary N) is 1. The van der Waals surface area contributed by atoms with Gasteiger partial charge in [-0.25, -0.2) is 0 Å². The van der Waals surface area contributed by atoms with Crippen molar-refractivity contribution in [2.75, 3.05) is 39.5 Å². The van der Waals surface area contributed by atoms with Crippen LogP contribution in [0.15, 0.2) is 0 Å². The summed E-state index contributed by atoms with van der Waals surface area (Å²) in [7, 11) is 0. The van der Waals surface area contributed by atoms with E-state index in [2.05, 4.69) is 19.2 Å². The van der Waals surface area contributed by atoms with Gasteiger partial charge in [-0.2, -0.15) is 0 Å². The van der Waals surface area contributed by atoms with Crippen molar-refractivity contribution in [3.8, 4) is 0 Å². The first-order valence-electron chi connectivity index (χ1n) is 6.94. The second-order valence-electron chi connectivity index (χ2n) is 5.15. The molecule has 0 aromatic rings. The minimum Gasteiger partial charge on any atom is -0.376 e. The quantitative estimate of drug-likeness (QED) is 0.786. The Bertz CT molecular complexity index is 279. The Balaban J connectivity index is 1.85. The minimum atomic E-state index is -0.387. The molecule has 18 heavy (non-hydrogen) atoms. The number of ether oxygens (including phenoxy) is 2. The van der Waals surface area contributed by atoms with Gasteiger partial charge in [0.1, 0.15) is 0 Å². The molecule has 5 heteroatoms. The van der Waals surface area contributed by atoms with Crippen molar-refractivity contribution in [3.05, 3.63) is 0 Å². The fourth-order valence-electron chi connectivity index (χ4n) is 2.75. The van der Waals surface area contributed by atoms with Gasteiger partial charge < -0.3 is 19.7 Å². The molecule has 1 amide bonds. The minimum absolute atomic E-state index is 0.0940. The normalized spacial score (nSPS) is 33.4. The van der Waals surface area contributed by atoms with E-state index in [4.69, 9.17) is 9.47 Å². The molecule has 2 fully saturated rings. The van der Waals surface area contributed by atoms with Crippen LogP contribution in [0.1, 0.15) is 20.3 Å². The molecule has 104 valence electrons. The maximum Gasteiger partial charge on any atom is 0.254 e. The summed E-state index contributed by atoms with van der Waals surface area (Å²) in [4.78, 5) is 14.2. The number of likely N-dealkylation sites (tertiary alicyclic amines) is 1. The zero-order valence-electron chi connectivity index (χ0n) is 11.4. The highest BCUT2D eigenvalue weighted by molar-refractivity contribution is 5.81. The predicted molar refractivity (Wildman–Crippen MR) is 68.4 cm³/mol. The number of piperidine rings is 1. The number of carbonyl (C=O) groups is 1. The van der Waals surface area contributed by atoms with Crippen LogP contribution in [0.2, 0.25) is 0 Å². The van der Waals surface area contributed by atoms with E-state index in [0.29, 0.717) is 31.8 Å². The highest BCUT2D eigenvalue weighted by Crippen LogP contribution is 2.18. The van der Waals surface area contributed by atoms with Gasteiger partial charge in [-0.1, -0.05) is 13.8 Å². The molecule has 2 aliphatic heterocycles. The van der Waals surface area contributed by atoms with Gasteiger partial charge in [0, 0.05) is 19.1 Å². The first kappa shape index (κ1) is 13.8. The Morgan fingerprint density at radius 3 is 2.89 bits per heavy atom. The molecule has 2 rings (SSSR count). The largest absolute Gasteiger partial charge is 0.376 e. The lowest BCUT2D eigenvalue weighted by atomic mass is 9.93. The monoisotopic (exact) mass is 256 g/mol. The van der Waals surface area contributed by atoms with Crippen molar-refractivity contribution >= 4 is 5.91 Å². The molecule has 2 saturated heterocycles. The molecular formula is C13H24N2O3. The zero-order chi connectivity index (χ0) is 13.0. The molecule has 1 N–H and O–H groups in total. The van der Waals surface area contributed by atoms with Gasteiger partial charge in [-0.05, 0) is 18.9 Å². The van der Waals surface area contributed by atoms with Crippen LogP contribution >= 0.6 is 0 Å². The molecule has 3 atom stereocenters. The lowest BCUT2D eigenvalue weighted by molar-refractivity contribution is -0.159. The summed E-state index contributed by atoms with van der Waals surface area (Å²) in [6.07, 6.45) is 0.635. The molecule has 0 bridgehead atoms. The van der Waals surface area contributed by atoms with Gasteiger partial charge in [0.25, 0.3) is 5.91 Å². The van der Waals surface area contributed by atoms with E-state index in [-0.39, 0.29) is 12.0 Å². The summed E-state index contributed by atoms with van der Waals surface area (Å²) in [6.45, 7) is 8.48. The number of rotatable bonds is 3. The molecule has 2 aliphatic rings. The molecule has 0 spiro atoms. The van der Waals surface area contributed by atoms with Gasteiger partial charge in [0.2, 0.25) is 0 Å². The topological polar surface area (TPSA) is 50.8 Å². The van der Waals surface area contributed by atoms with Crippen LogP contribution in [0.4, 0.5) is 0 Å². The van der Waals surface area contributed by atoms with E-state index in [1.54, 1.807) is 0 Å². The first-order chi connectivity index (χ1) is 8.72. The Kier molecular flexibility index (Phi) is 4.97. The summed E-state index contributed by atoms with van der Waals surface area (Å²) in [6, 6.07) is 0.530. The second-order valence-corrected chi connectivity index (χ2v) is 5.15. The molecule has 0 aromatic heterocycles. The van der Waals surface area contributed by atoms with Crippen LogP contribution in [0.5, 0.6) is 0 Å². The predicted octanol–water partition coefficient (Wildman–Crippen LogP) is 0.248. The lowest BCUT2D eigenvalue weighted by Crippen LogP contribution is -2.54. The van der Waals surface area contributed by atoms with Gasteiger partial charge >= 0.3 is 0 Å². The highest BCUT2D eigenvalue weighted by atomic mass is 16.6. The van der Waals surface area contributed by atoms with Crippen LogP contribution in [0.25, 0.3) is 0 Å². The molecule has 0 radical (unpaired) electrons. The lowest BCUT2D eigenvalue weighted by Gasteiger charge is -2.39. The Labute approximate surface area is 109 Å². The van der Waals surface area contributed by atoms with Crippen LogP contribution < -0.4 is 5.32 Å². The molecule has 0 aromatic carbocycles. The summed E-state index contributed by atoms with van der Waals surface area (Å²) < 4.78 is 10.8. The maximum atomic E-state index is 12.3. The summed E-state index contributed by atoms with van der Waals surface area (Å²) in [5.41, 5.74) is 0. The standard InChI is InChI=1S/C13H24N2O3/c1-3-14-11-4-5-15(8-10(11)2)13(16)12-9-17-6-7-18-12/h10-12,14H,3-9H2,1-2H3. The number of hydrogen-bond donors (Lipinski definition) is 1. The van der Waals surface area contributed by atoms with E-state index in [9.17, 15) is 4.79 Å². The van der Waals surface area contributed by atoms with Crippen molar-refractivity contribution in [2.45, 2.75) is 32.4 Å². The smallest absolute Gasteiger partial charge is 0.254 e. The molecule has 2 heterocycles. The zero-order valence-corrected chi connectivity index (χ0v) is 11.4. The third-order valence-electron chi connectivity index (χ3n) is 3.77. The molecule has 3 unspecified atom stereocenters. The highest BCUT2D eigenvalue weighted by Gasteiger charge is 2.33. The average molecular weight is 256 g/mol. The Morgan fingerprint density at radius 2 is 2.28 bits per heavy atom. The van der Waals surface area contributed by atoms with E-state index in [0.717, 1.165) is 26.1 Å². The van der Waals surface area contributed by atoms with Crippen molar-refractivity contribution < 1.29 is 14.3 Å². The van der Waals surface area contributed by atoms with E-state index in [1.807, 2.05) is 4.90 Å². The molecule has 0 aliphatic carbocycles. The third-order valence-corrected chi connectivity index (χ3v) is 3.77. The second kappa shape index (κ2) is 6.50. The SMILES string of the molecule is CCNC1CCN(C(=O)C2COCCO2)CC1C. The van der Waals surface area contributed by atoms with Gasteiger partial charge in [0.15, 0.2) is 6.10 Å². The van der Waals surface area contributed by atoms with Crippen molar-refractivity contribution in [3.63, 3.8) is 0 Å². The Hall–Kier alpha value is -0.650. The number of carbonyl (C=O) groups excluding carboxylic acids is 1.